The fraction of sp³-hybridized carbons (Fsp3) is 0.286. The number of ether oxygens (including phenoxy) is 2. The summed E-state index contributed by atoms with van der Waals surface area (Å²) < 4.78 is 10.7. The molecule has 2 aliphatic heterocycles. The van der Waals surface area contributed by atoms with E-state index in [0.717, 1.165) is 5.56 Å². The van der Waals surface area contributed by atoms with Crippen LogP contribution >= 0.6 is 0 Å². The lowest BCUT2D eigenvalue weighted by atomic mass is 9.86. The van der Waals surface area contributed by atoms with Gasteiger partial charge in [0.15, 0.2) is 11.4 Å². The largest absolute Gasteiger partial charge is 0.497 e. The van der Waals surface area contributed by atoms with Crippen LogP contribution in [-0.4, -0.2) is 72.4 Å². The minimum atomic E-state index is -1.45. The standard InChI is InChI=1S/C28H26N6O5/c1-33(2)27-29-13-18(14-30-27)21-7-8-23(39-4)22(31-21)9-10-28(12-24(35)32-26(28)37)16-34-15-17-5-6-19(38-3)11-20(17)25(34)36/h5-8,11,13-14H,12,15-16H2,1-4H3,(H,32,35,37)/t28-/m1/s1. The quantitative estimate of drug-likeness (QED) is 0.377. The summed E-state index contributed by atoms with van der Waals surface area (Å²) in [7, 11) is 6.71. The summed E-state index contributed by atoms with van der Waals surface area (Å²) in [5, 5.41) is 2.34. The number of carbonyl (C=O) groups excluding carboxylic acids is 3. The molecule has 2 aromatic heterocycles. The predicted octanol–water partition coefficient (Wildman–Crippen LogP) is 1.66. The van der Waals surface area contributed by atoms with Crippen LogP contribution < -0.4 is 19.7 Å². The maximum absolute atomic E-state index is 13.2. The van der Waals surface area contributed by atoms with Crippen molar-refractivity contribution in [2.45, 2.75) is 13.0 Å². The van der Waals surface area contributed by atoms with Crippen LogP contribution in [0.25, 0.3) is 11.3 Å². The molecule has 2 aliphatic rings. The van der Waals surface area contributed by atoms with E-state index in [-0.39, 0.29) is 24.6 Å². The highest BCUT2D eigenvalue weighted by atomic mass is 16.5. The van der Waals surface area contributed by atoms with Crippen LogP contribution in [0.5, 0.6) is 11.5 Å². The van der Waals surface area contributed by atoms with E-state index in [1.165, 1.54) is 19.1 Å². The summed E-state index contributed by atoms with van der Waals surface area (Å²) in [6, 6.07) is 8.74. The Bertz CT molecular complexity index is 1540. The zero-order chi connectivity index (χ0) is 27.7. The molecule has 3 amide bonds. The third-order valence-corrected chi connectivity index (χ3v) is 6.64. The summed E-state index contributed by atoms with van der Waals surface area (Å²) in [5.41, 5.74) is 1.38. The van der Waals surface area contributed by atoms with Crippen LogP contribution in [0.1, 0.15) is 28.0 Å². The number of carbonyl (C=O) groups is 3. The lowest BCUT2D eigenvalue weighted by Crippen LogP contribution is -2.42. The number of hydrogen-bond acceptors (Lipinski definition) is 9. The zero-order valence-corrected chi connectivity index (χ0v) is 21.9. The highest BCUT2D eigenvalue weighted by molar-refractivity contribution is 6.08. The fourth-order valence-corrected chi connectivity index (χ4v) is 4.56. The second-order valence-corrected chi connectivity index (χ2v) is 9.48. The van der Waals surface area contributed by atoms with Gasteiger partial charge in [-0.1, -0.05) is 12.0 Å². The second kappa shape index (κ2) is 10.1. The van der Waals surface area contributed by atoms with Gasteiger partial charge in [-0.15, -0.1) is 0 Å². The van der Waals surface area contributed by atoms with E-state index in [1.807, 2.05) is 20.2 Å². The SMILES string of the molecule is COc1ccc2c(c1)C(=O)N(C[C@@]1(C#Cc3nc(-c4cnc(N(C)C)nc4)ccc3OC)CC(=O)NC1=O)C2. The maximum Gasteiger partial charge on any atom is 0.254 e. The Hall–Kier alpha value is -4.98. The van der Waals surface area contributed by atoms with Gasteiger partial charge in [-0.2, -0.15) is 0 Å². The number of anilines is 1. The molecule has 3 aromatic rings. The van der Waals surface area contributed by atoms with Crippen LogP contribution in [0, 0.1) is 17.3 Å². The number of fused-ring (bicyclic) bond motifs is 1. The normalized spacial score (nSPS) is 17.8. The Balaban J connectivity index is 1.48. The molecule has 198 valence electrons. The van der Waals surface area contributed by atoms with Crippen LogP contribution in [0.4, 0.5) is 5.95 Å². The Morgan fingerprint density at radius 2 is 1.85 bits per heavy atom. The van der Waals surface area contributed by atoms with Gasteiger partial charge in [0.05, 0.1) is 26.3 Å². The average molecular weight is 527 g/mol. The molecule has 1 atom stereocenters. The molecule has 0 saturated carbocycles. The first-order valence-electron chi connectivity index (χ1n) is 12.1. The van der Waals surface area contributed by atoms with Gasteiger partial charge in [-0.3, -0.25) is 19.7 Å². The Morgan fingerprint density at radius 1 is 1.08 bits per heavy atom. The molecule has 0 aliphatic carbocycles. The first-order valence-corrected chi connectivity index (χ1v) is 12.1. The highest BCUT2D eigenvalue weighted by Gasteiger charge is 2.48. The Morgan fingerprint density at radius 3 is 2.49 bits per heavy atom. The van der Waals surface area contributed by atoms with Crippen molar-refractivity contribution < 1.29 is 23.9 Å². The molecule has 11 heteroatoms. The summed E-state index contributed by atoms with van der Waals surface area (Å²) in [5.74, 6) is 6.20. The van der Waals surface area contributed by atoms with Crippen molar-refractivity contribution in [2.75, 3.05) is 39.8 Å². The van der Waals surface area contributed by atoms with Gasteiger partial charge in [0.1, 0.15) is 11.2 Å². The third-order valence-electron chi connectivity index (χ3n) is 6.64. The molecular weight excluding hydrogens is 500 g/mol. The van der Waals surface area contributed by atoms with Gasteiger partial charge in [-0.25, -0.2) is 15.0 Å². The number of aromatic nitrogens is 3. The number of methoxy groups -OCH3 is 2. The average Bonchev–Trinajstić information content (AvgIpc) is 3.40. The third kappa shape index (κ3) is 4.84. The lowest BCUT2D eigenvalue weighted by Gasteiger charge is -2.25. The molecule has 5 rings (SSSR count). The van der Waals surface area contributed by atoms with E-state index in [1.54, 1.807) is 41.6 Å². The predicted molar refractivity (Wildman–Crippen MR) is 141 cm³/mol. The molecular formula is C28H26N6O5. The number of hydrogen-bond donors (Lipinski definition) is 1. The number of amides is 3. The maximum atomic E-state index is 13.2. The van der Waals surface area contributed by atoms with E-state index in [0.29, 0.717) is 40.8 Å². The van der Waals surface area contributed by atoms with E-state index < -0.39 is 17.2 Å². The van der Waals surface area contributed by atoms with Crippen molar-refractivity contribution in [2.24, 2.45) is 5.41 Å². The number of benzene rings is 1. The lowest BCUT2D eigenvalue weighted by molar-refractivity contribution is -0.127. The molecule has 39 heavy (non-hydrogen) atoms. The van der Waals surface area contributed by atoms with Gasteiger partial charge in [0.2, 0.25) is 17.8 Å². The van der Waals surface area contributed by atoms with Crippen molar-refractivity contribution in [3.8, 4) is 34.6 Å². The molecule has 0 unspecified atom stereocenters. The number of rotatable bonds is 6. The summed E-state index contributed by atoms with van der Waals surface area (Å²) in [6.45, 7) is 0.234. The second-order valence-electron chi connectivity index (χ2n) is 9.48. The van der Waals surface area contributed by atoms with E-state index in [9.17, 15) is 14.4 Å². The van der Waals surface area contributed by atoms with Crippen LogP contribution in [-0.2, 0) is 16.1 Å². The van der Waals surface area contributed by atoms with Crippen LogP contribution in [0.2, 0.25) is 0 Å². The molecule has 0 spiro atoms. The summed E-state index contributed by atoms with van der Waals surface area (Å²) >= 11 is 0. The molecule has 11 nitrogen and oxygen atoms in total. The summed E-state index contributed by atoms with van der Waals surface area (Å²) in [4.78, 5) is 55.1. The summed E-state index contributed by atoms with van der Waals surface area (Å²) in [6.07, 6.45) is 3.14. The number of pyridine rings is 1. The molecule has 4 heterocycles. The smallest absolute Gasteiger partial charge is 0.254 e. The van der Waals surface area contributed by atoms with Crippen molar-refractivity contribution in [1.82, 2.24) is 25.2 Å². The fourth-order valence-electron chi connectivity index (χ4n) is 4.56. The number of nitrogens with one attached hydrogen (secondary N) is 1. The molecule has 1 fully saturated rings. The zero-order valence-electron chi connectivity index (χ0n) is 21.9. The van der Waals surface area contributed by atoms with Gasteiger partial charge < -0.3 is 19.3 Å². The topological polar surface area (TPSA) is 127 Å². The van der Waals surface area contributed by atoms with Crippen LogP contribution in [0.3, 0.4) is 0 Å². The Labute approximate surface area is 225 Å². The monoisotopic (exact) mass is 526 g/mol. The van der Waals surface area contributed by atoms with E-state index in [2.05, 4.69) is 32.1 Å². The van der Waals surface area contributed by atoms with E-state index in [4.69, 9.17) is 9.47 Å². The molecule has 0 bridgehead atoms. The minimum absolute atomic E-state index is 0.0603. The minimum Gasteiger partial charge on any atom is -0.497 e. The number of imide groups is 1. The first kappa shape index (κ1) is 25.7. The van der Waals surface area contributed by atoms with Crippen molar-refractivity contribution >= 4 is 23.7 Å². The molecule has 1 saturated heterocycles. The van der Waals surface area contributed by atoms with Gasteiger partial charge in [0.25, 0.3) is 5.91 Å². The van der Waals surface area contributed by atoms with Crippen LogP contribution in [0.15, 0.2) is 42.7 Å². The van der Waals surface area contributed by atoms with E-state index >= 15 is 0 Å². The number of nitrogens with zero attached hydrogens (tertiary/aromatic N) is 5. The molecule has 0 radical (unpaired) electrons. The van der Waals surface area contributed by atoms with Gasteiger partial charge in [0, 0.05) is 50.7 Å². The Kier molecular flexibility index (Phi) is 6.62. The highest BCUT2D eigenvalue weighted by Crippen LogP contribution is 2.34. The van der Waals surface area contributed by atoms with Crippen molar-refractivity contribution in [3.63, 3.8) is 0 Å². The first-order chi connectivity index (χ1) is 18.7. The van der Waals surface area contributed by atoms with Crippen molar-refractivity contribution in [3.05, 3.63) is 59.5 Å². The van der Waals surface area contributed by atoms with Gasteiger partial charge >= 0.3 is 0 Å². The van der Waals surface area contributed by atoms with Crippen molar-refractivity contribution in [1.29, 1.82) is 0 Å². The molecule has 1 aromatic carbocycles. The van der Waals surface area contributed by atoms with Gasteiger partial charge in [-0.05, 0) is 35.7 Å². The molecule has 1 N–H and O–H groups in total.